The van der Waals surface area contributed by atoms with Crippen LogP contribution >= 0.6 is 0 Å². The van der Waals surface area contributed by atoms with Gasteiger partial charge in [0.15, 0.2) is 5.78 Å². The number of halogens is 6. The summed E-state index contributed by atoms with van der Waals surface area (Å²) in [5.74, 6) is -0.496. The SMILES string of the molecule is CC1Cc2c(cccc2-c2cc(C(F)(F)F)cc(C(F)(F)F)c2)C1=O. The fourth-order valence-electron chi connectivity index (χ4n) is 3.08. The van der Waals surface area contributed by atoms with Crippen molar-refractivity contribution in [3.63, 3.8) is 0 Å². The number of carbonyl (C=O) groups excluding carboxylic acids is 1. The highest BCUT2D eigenvalue weighted by atomic mass is 19.4. The van der Waals surface area contributed by atoms with Crippen LogP contribution < -0.4 is 0 Å². The third-order valence-corrected chi connectivity index (χ3v) is 4.30. The van der Waals surface area contributed by atoms with Crippen molar-refractivity contribution in [2.75, 3.05) is 0 Å². The number of hydrogen-bond acceptors (Lipinski definition) is 1. The molecule has 0 bridgehead atoms. The standard InChI is InChI=1S/C18H12F6O/c1-9-5-15-13(3-2-4-14(15)16(9)25)10-6-11(17(19,20)21)8-12(7-10)18(22,23)24/h2-4,6-9H,5H2,1H3. The van der Waals surface area contributed by atoms with Gasteiger partial charge >= 0.3 is 12.4 Å². The molecular weight excluding hydrogens is 346 g/mol. The molecule has 0 aromatic heterocycles. The second kappa shape index (κ2) is 5.61. The smallest absolute Gasteiger partial charge is 0.294 e. The molecule has 0 saturated carbocycles. The molecule has 0 spiro atoms. The number of carbonyl (C=O) groups is 1. The highest BCUT2D eigenvalue weighted by Gasteiger charge is 2.37. The van der Waals surface area contributed by atoms with E-state index < -0.39 is 23.5 Å². The van der Waals surface area contributed by atoms with Crippen LogP contribution in [-0.2, 0) is 18.8 Å². The summed E-state index contributed by atoms with van der Waals surface area (Å²) in [5.41, 5.74) is -1.85. The van der Waals surface area contributed by atoms with Crippen LogP contribution in [0, 0.1) is 5.92 Å². The molecule has 0 radical (unpaired) electrons. The number of Topliss-reactive ketones (excluding diaryl/α,β-unsaturated/α-hetero) is 1. The monoisotopic (exact) mass is 358 g/mol. The van der Waals surface area contributed by atoms with E-state index in [2.05, 4.69) is 0 Å². The Morgan fingerprint density at radius 3 is 1.92 bits per heavy atom. The molecule has 0 saturated heterocycles. The molecule has 1 nitrogen and oxygen atoms in total. The Morgan fingerprint density at radius 1 is 0.880 bits per heavy atom. The molecule has 0 aliphatic heterocycles. The van der Waals surface area contributed by atoms with Gasteiger partial charge < -0.3 is 0 Å². The lowest BCUT2D eigenvalue weighted by Crippen LogP contribution is -2.11. The van der Waals surface area contributed by atoms with Crippen molar-refractivity contribution >= 4 is 5.78 Å². The number of benzene rings is 2. The van der Waals surface area contributed by atoms with E-state index in [1.807, 2.05) is 0 Å². The van der Waals surface area contributed by atoms with Gasteiger partial charge in [-0.1, -0.05) is 25.1 Å². The van der Waals surface area contributed by atoms with Crippen LogP contribution in [-0.4, -0.2) is 5.78 Å². The summed E-state index contributed by atoms with van der Waals surface area (Å²) in [6, 6.07) is 5.94. The minimum atomic E-state index is -4.91. The summed E-state index contributed by atoms with van der Waals surface area (Å²) in [6.45, 7) is 1.68. The van der Waals surface area contributed by atoms with Crippen molar-refractivity contribution in [2.24, 2.45) is 5.92 Å². The van der Waals surface area contributed by atoms with E-state index in [4.69, 9.17) is 0 Å². The van der Waals surface area contributed by atoms with Crippen molar-refractivity contribution < 1.29 is 31.1 Å². The molecule has 25 heavy (non-hydrogen) atoms. The Hall–Kier alpha value is -2.31. The second-order valence-corrected chi connectivity index (χ2v) is 6.10. The van der Waals surface area contributed by atoms with E-state index in [1.54, 1.807) is 13.0 Å². The van der Waals surface area contributed by atoms with Gasteiger partial charge in [0.05, 0.1) is 11.1 Å². The highest BCUT2D eigenvalue weighted by Crippen LogP contribution is 2.41. The van der Waals surface area contributed by atoms with Crippen molar-refractivity contribution in [2.45, 2.75) is 25.7 Å². The maximum Gasteiger partial charge on any atom is 0.416 e. The first kappa shape index (κ1) is 17.5. The summed E-state index contributed by atoms with van der Waals surface area (Å²) in [6.07, 6.45) is -9.52. The van der Waals surface area contributed by atoms with E-state index in [-0.39, 0.29) is 28.9 Å². The molecular formula is C18H12F6O. The van der Waals surface area contributed by atoms with Gasteiger partial charge in [0, 0.05) is 11.5 Å². The van der Waals surface area contributed by atoms with Crippen molar-refractivity contribution in [3.05, 3.63) is 58.7 Å². The molecule has 2 aromatic rings. The Bertz CT molecular complexity index is 815. The molecule has 0 amide bonds. The molecule has 2 aromatic carbocycles. The molecule has 1 unspecified atom stereocenters. The number of hydrogen-bond donors (Lipinski definition) is 0. The molecule has 0 N–H and O–H groups in total. The van der Waals surface area contributed by atoms with E-state index in [0.717, 1.165) is 0 Å². The lowest BCUT2D eigenvalue weighted by molar-refractivity contribution is -0.143. The largest absolute Gasteiger partial charge is 0.416 e. The van der Waals surface area contributed by atoms with E-state index in [0.29, 0.717) is 29.7 Å². The highest BCUT2D eigenvalue weighted by molar-refractivity contribution is 6.03. The Kier molecular flexibility index (Phi) is 3.93. The van der Waals surface area contributed by atoms with Crippen LogP contribution in [0.5, 0.6) is 0 Å². The summed E-state index contributed by atoms with van der Waals surface area (Å²) < 4.78 is 78.2. The zero-order valence-corrected chi connectivity index (χ0v) is 12.9. The van der Waals surface area contributed by atoms with Gasteiger partial charge in [0.2, 0.25) is 0 Å². The lowest BCUT2D eigenvalue weighted by Gasteiger charge is -2.16. The average Bonchev–Trinajstić information content (AvgIpc) is 2.80. The summed E-state index contributed by atoms with van der Waals surface area (Å²) in [5, 5.41) is 0. The predicted molar refractivity (Wildman–Crippen MR) is 79.1 cm³/mol. The minimum Gasteiger partial charge on any atom is -0.294 e. The molecule has 132 valence electrons. The molecule has 7 heteroatoms. The Labute approximate surface area is 139 Å². The van der Waals surface area contributed by atoms with Crippen LogP contribution in [0.15, 0.2) is 36.4 Å². The fraction of sp³-hybridized carbons (Fsp3) is 0.278. The van der Waals surface area contributed by atoms with E-state index in [1.165, 1.54) is 12.1 Å². The van der Waals surface area contributed by atoms with Crippen LogP contribution in [0.2, 0.25) is 0 Å². The zero-order valence-electron chi connectivity index (χ0n) is 12.9. The number of fused-ring (bicyclic) bond motifs is 1. The molecule has 1 aliphatic carbocycles. The first-order valence-electron chi connectivity index (χ1n) is 7.44. The number of ketones is 1. The first-order valence-corrected chi connectivity index (χ1v) is 7.44. The zero-order chi connectivity index (χ0) is 18.6. The van der Waals surface area contributed by atoms with Crippen molar-refractivity contribution in [1.82, 2.24) is 0 Å². The predicted octanol–water partition coefficient (Wildman–Crippen LogP) is 5.77. The van der Waals surface area contributed by atoms with Crippen molar-refractivity contribution in [1.29, 1.82) is 0 Å². The average molecular weight is 358 g/mol. The maximum absolute atomic E-state index is 13.0. The topological polar surface area (TPSA) is 17.1 Å². The molecule has 0 heterocycles. The second-order valence-electron chi connectivity index (χ2n) is 6.10. The maximum atomic E-state index is 13.0. The van der Waals surface area contributed by atoms with Crippen LogP contribution in [0.1, 0.15) is 34.0 Å². The molecule has 1 aliphatic rings. The van der Waals surface area contributed by atoms with Crippen LogP contribution in [0.3, 0.4) is 0 Å². The van der Waals surface area contributed by atoms with Crippen molar-refractivity contribution in [3.8, 4) is 11.1 Å². The van der Waals surface area contributed by atoms with Gasteiger partial charge in [-0.05, 0) is 41.3 Å². The Balaban J connectivity index is 2.24. The number of rotatable bonds is 1. The molecule has 1 atom stereocenters. The van der Waals surface area contributed by atoms with Crippen LogP contribution in [0.4, 0.5) is 26.3 Å². The Morgan fingerprint density at radius 2 is 1.40 bits per heavy atom. The van der Waals surface area contributed by atoms with Gasteiger partial charge in [-0.2, -0.15) is 26.3 Å². The lowest BCUT2D eigenvalue weighted by atomic mass is 9.93. The van der Waals surface area contributed by atoms with Crippen LogP contribution in [0.25, 0.3) is 11.1 Å². The quantitative estimate of drug-likeness (QED) is 0.592. The van der Waals surface area contributed by atoms with Gasteiger partial charge in [0.1, 0.15) is 0 Å². The summed E-state index contributed by atoms with van der Waals surface area (Å²) in [4.78, 5) is 12.1. The van der Waals surface area contributed by atoms with E-state index >= 15 is 0 Å². The van der Waals surface area contributed by atoms with Gasteiger partial charge in [-0.3, -0.25) is 4.79 Å². The summed E-state index contributed by atoms with van der Waals surface area (Å²) >= 11 is 0. The first-order chi connectivity index (χ1) is 11.5. The normalized spacial score (nSPS) is 17.7. The summed E-state index contributed by atoms with van der Waals surface area (Å²) in [7, 11) is 0. The van der Waals surface area contributed by atoms with Gasteiger partial charge in [0.25, 0.3) is 0 Å². The third kappa shape index (κ3) is 3.15. The van der Waals surface area contributed by atoms with E-state index in [9.17, 15) is 31.1 Å². The third-order valence-electron chi connectivity index (χ3n) is 4.30. The minimum absolute atomic E-state index is 0.0977. The fourth-order valence-corrected chi connectivity index (χ4v) is 3.08. The van der Waals surface area contributed by atoms with Gasteiger partial charge in [-0.25, -0.2) is 0 Å². The van der Waals surface area contributed by atoms with Gasteiger partial charge in [-0.15, -0.1) is 0 Å². The number of alkyl halides is 6. The molecule has 3 rings (SSSR count). The molecule has 0 fully saturated rings.